The molecule has 0 radical (unpaired) electrons. The van der Waals surface area contributed by atoms with E-state index in [1.54, 1.807) is 14.2 Å². The minimum Gasteiger partial charge on any atom is -0.375 e. The Morgan fingerprint density at radius 3 is 2.50 bits per heavy atom. The topological polar surface area (TPSA) is 47.1 Å². The van der Waals surface area contributed by atoms with E-state index in [1.807, 2.05) is 12.3 Å². The Morgan fingerprint density at radius 2 is 1.92 bits per heavy atom. The summed E-state index contributed by atoms with van der Waals surface area (Å²) in [4.78, 5) is 9.34. The van der Waals surface area contributed by atoms with Crippen LogP contribution < -0.4 is 4.90 Å². The van der Waals surface area contributed by atoms with Crippen molar-refractivity contribution in [3.63, 3.8) is 0 Å². The molecule has 1 aromatic heterocycles. The van der Waals surface area contributed by atoms with Gasteiger partial charge < -0.3 is 19.1 Å². The molecule has 0 aromatic carbocycles. The maximum Gasteiger partial charge on any atom is 0.180 e. The Hall–Kier alpha value is -0.730. The highest BCUT2D eigenvalue weighted by Crippen LogP contribution is 2.23. The van der Waals surface area contributed by atoms with Crippen molar-refractivity contribution in [1.82, 2.24) is 9.88 Å². The van der Waals surface area contributed by atoms with Gasteiger partial charge in [-0.25, -0.2) is 4.98 Å². The predicted molar refractivity (Wildman–Crippen MR) is 98.4 cm³/mol. The average molecular weight is 402 g/mol. The first kappa shape index (κ1) is 19.6. The minimum absolute atomic E-state index is 0.292. The quantitative estimate of drug-likeness (QED) is 0.492. The number of anilines is 1. The average Bonchev–Trinajstić information content (AvgIpc) is 2.56. The first-order valence-electron chi connectivity index (χ1n) is 8.30. The van der Waals surface area contributed by atoms with E-state index in [2.05, 4.69) is 50.6 Å². The molecule has 7 heteroatoms. The van der Waals surface area contributed by atoms with Gasteiger partial charge in [-0.1, -0.05) is 15.9 Å². The monoisotopic (exact) mass is 401 g/mol. The first-order chi connectivity index (χ1) is 11.5. The van der Waals surface area contributed by atoms with Crippen molar-refractivity contribution < 1.29 is 14.2 Å². The summed E-state index contributed by atoms with van der Waals surface area (Å²) in [6, 6.07) is 4.92. The standard InChI is InChI=1S/C17H28BrN3O3/c1-13-10-20(16-9-15(18)5-6-19-16)11-14(2)21(13)7-8-24-12-17(22-3)23-4/h5-6,9,13-14,17H,7-8,10-12H2,1-4H3. The SMILES string of the molecule is COC(COCCN1C(C)CN(c2cc(Br)ccn2)CC1C)OC. The summed E-state index contributed by atoms with van der Waals surface area (Å²) < 4.78 is 17.0. The Bertz CT molecular complexity index is 490. The molecule has 1 aliphatic rings. The van der Waals surface area contributed by atoms with Crippen molar-refractivity contribution >= 4 is 21.7 Å². The molecule has 1 aromatic rings. The summed E-state index contributed by atoms with van der Waals surface area (Å²) in [7, 11) is 3.24. The molecule has 1 fully saturated rings. The normalized spacial score (nSPS) is 22.3. The highest BCUT2D eigenvalue weighted by Gasteiger charge is 2.29. The predicted octanol–water partition coefficient (Wildman–Crippen LogP) is 2.38. The van der Waals surface area contributed by atoms with Crippen LogP contribution in [0.15, 0.2) is 22.8 Å². The van der Waals surface area contributed by atoms with Gasteiger partial charge in [0.2, 0.25) is 0 Å². The molecule has 0 N–H and O–H groups in total. The lowest BCUT2D eigenvalue weighted by Gasteiger charge is -2.45. The maximum absolute atomic E-state index is 5.68. The fourth-order valence-electron chi connectivity index (χ4n) is 3.13. The van der Waals surface area contributed by atoms with E-state index in [9.17, 15) is 0 Å². The Morgan fingerprint density at radius 1 is 1.25 bits per heavy atom. The molecule has 2 heterocycles. The summed E-state index contributed by atoms with van der Waals surface area (Å²) in [6.07, 6.45) is 1.55. The van der Waals surface area contributed by atoms with Crippen LogP contribution in [0.2, 0.25) is 0 Å². The van der Waals surface area contributed by atoms with E-state index in [-0.39, 0.29) is 6.29 Å². The molecular formula is C17H28BrN3O3. The summed E-state index contributed by atoms with van der Waals surface area (Å²) in [5, 5.41) is 0. The lowest BCUT2D eigenvalue weighted by atomic mass is 10.1. The third kappa shape index (κ3) is 5.39. The fourth-order valence-corrected chi connectivity index (χ4v) is 3.46. The molecule has 0 spiro atoms. The van der Waals surface area contributed by atoms with Crippen molar-refractivity contribution in [1.29, 1.82) is 0 Å². The minimum atomic E-state index is -0.292. The van der Waals surface area contributed by atoms with Crippen LogP contribution in [-0.4, -0.2) is 75.3 Å². The van der Waals surface area contributed by atoms with Gasteiger partial charge in [0.25, 0.3) is 0 Å². The van der Waals surface area contributed by atoms with Gasteiger partial charge in [0.15, 0.2) is 6.29 Å². The van der Waals surface area contributed by atoms with Gasteiger partial charge in [0.05, 0.1) is 13.2 Å². The summed E-state index contributed by atoms with van der Waals surface area (Å²) in [5.74, 6) is 1.03. The number of aromatic nitrogens is 1. The van der Waals surface area contributed by atoms with E-state index in [0.717, 1.165) is 29.9 Å². The van der Waals surface area contributed by atoms with E-state index in [1.165, 1.54) is 0 Å². The van der Waals surface area contributed by atoms with Crippen LogP contribution in [0.5, 0.6) is 0 Å². The Balaban J connectivity index is 1.82. The summed E-state index contributed by atoms with van der Waals surface area (Å²) in [6.45, 7) is 8.48. The van der Waals surface area contributed by atoms with Crippen molar-refractivity contribution in [2.75, 3.05) is 52.0 Å². The smallest absolute Gasteiger partial charge is 0.180 e. The van der Waals surface area contributed by atoms with Gasteiger partial charge >= 0.3 is 0 Å². The van der Waals surface area contributed by atoms with Gasteiger partial charge in [-0.3, -0.25) is 4.90 Å². The zero-order valence-corrected chi connectivity index (χ0v) is 16.5. The zero-order chi connectivity index (χ0) is 17.5. The lowest BCUT2D eigenvalue weighted by molar-refractivity contribution is -0.141. The second-order valence-corrected chi connectivity index (χ2v) is 7.06. The number of hydrogen-bond donors (Lipinski definition) is 0. The third-order valence-electron chi connectivity index (χ3n) is 4.41. The number of piperazine rings is 1. The number of pyridine rings is 1. The van der Waals surface area contributed by atoms with E-state index in [0.29, 0.717) is 25.3 Å². The van der Waals surface area contributed by atoms with Crippen molar-refractivity contribution in [2.24, 2.45) is 0 Å². The van der Waals surface area contributed by atoms with Crippen LogP contribution >= 0.6 is 15.9 Å². The van der Waals surface area contributed by atoms with E-state index < -0.39 is 0 Å². The molecule has 2 atom stereocenters. The number of hydrogen-bond acceptors (Lipinski definition) is 6. The number of methoxy groups -OCH3 is 2. The summed E-state index contributed by atoms with van der Waals surface area (Å²) >= 11 is 3.52. The Kier molecular flexibility index (Phi) is 7.90. The number of halogens is 1. The molecule has 0 aliphatic carbocycles. The molecule has 0 amide bonds. The van der Waals surface area contributed by atoms with Gasteiger partial charge in [-0.05, 0) is 26.0 Å². The van der Waals surface area contributed by atoms with Gasteiger partial charge in [-0.15, -0.1) is 0 Å². The molecule has 136 valence electrons. The Labute approximate surface area is 153 Å². The largest absolute Gasteiger partial charge is 0.375 e. The highest BCUT2D eigenvalue weighted by molar-refractivity contribution is 9.10. The fraction of sp³-hybridized carbons (Fsp3) is 0.706. The molecule has 2 unspecified atom stereocenters. The van der Waals surface area contributed by atoms with Crippen LogP contribution in [-0.2, 0) is 14.2 Å². The molecule has 1 aliphatic heterocycles. The van der Waals surface area contributed by atoms with Gasteiger partial charge in [0.1, 0.15) is 5.82 Å². The van der Waals surface area contributed by atoms with E-state index in [4.69, 9.17) is 14.2 Å². The molecule has 2 rings (SSSR count). The van der Waals surface area contributed by atoms with Crippen LogP contribution in [0.25, 0.3) is 0 Å². The van der Waals surface area contributed by atoms with Crippen LogP contribution in [0.4, 0.5) is 5.82 Å². The lowest BCUT2D eigenvalue weighted by Crippen LogP contribution is -2.57. The third-order valence-corrected chi connectivity index (χ3v) is 4.90. The van der Waals surface area contributed by atoms with Crippen LogP contribution in [0.3, 0.4) is 0 Å². The molecule has 6 nitrogen and oxygen atoms in total. The number of rotatable bonds is 8. The van der Waals surface area contributed by atoms with Crippen LogP contribution in [0.1, 0.15) is 13.8 Å². The molecule has 0 saturated carbocycles. The van der Waals surface area contributed by atoms with Gasteiger partial charge in [-0.2, -0.15) is 0 Å². The number of ether oxygens (including phenoxy) is 3. The van der Waals surface area contributed by atoms with Crippen molar-refractivity contribution in [2.45, 2.75) is 32.2 Å². The number of nitrogens with zero attached hydrogens (tertiary/aromatic N) is 3. The second-order valence-electron chi connectivity index (χ2n) is 6.15. The second kappa shape index (κ2) is 9.68. The molecule has 24 heavy (non-hydrogen) atoms. The van der Waals surface area contributed by atoms with Crippen LogP contribution in [0, 0.1) is 0 Å². The summed E-state index contributed by atoms with van der Waals surface area (Å²) in [5.41, 5.74) is 0. The van der Waals surface area contributed by atoms with E-state index >= 15 is 0 Å². The molecule has 1 saturated heterocycles. The zero-order valence-electron chi connectivity index (χ0n) is 14.9. The van der Waals surface area contributed by atoms with Gasteiger partial charge in [0, 0.05) is 56.6 Å². The first-order valence-corrected chi connectivity index (χ1v) is 9.10. The van der Waals surface area contributed by atoms with Crippen molar-refractivity contribution in [3.05, 3.63) is 22.8 Å². The van der Waals surface area contributed by atoms with Crippen molar-refractivity contribution in [3.8, 4) is 0 Å². The molecular weight excluding hydrogens is 374 g/mol. The highest BCUT2D eigenvalue weighted by atomic mass is 79.9. The maximum atomic E-state index is 5.68. The molecule has 0 bridgehead atoms.